The summed E-state index contributed by atoms with van der Waals surface area (Å²) in [4.78, 5) is 20.5. The Morgan fingerprint density at radius 2 is 1.92 bits per heavy atom. The maximum absolute atomic E-state index is 12.3. The van der Waals surface area contributed by atoms with Gasteiger partial charge in [0.05, 0.1) is 5.69 Å². The number of pyridine rings is 1. The lowest BCUT2D eigenvalue weighted by Crippen LogP contribution is -2.11. The van der Waals surface area contributed by atoms with E-state index in [9.17, 15) is 18.0 Å². The average molecular weight is 381 g/mol. The number of carbonyl (C=O) groups is 1. The van der Waals surface area contributed by atoms with E-state index < -0.39 is 11.4 Å². The Morgan fingerprint density at radius 3 is 2.56 bits per heavy atom. The van der Waals surface area contributed by atoms with Crippen molar-refractivity contribution in [3.63, 3.8) is 0 Å². The van der Waals surface area contributed by atoms with Crippen molar-refractivity contribution in [2.45, 2.75) is 10.4 Å². The molecule has 0 radical (unpaired) electrons. The van der Waals surface area contributed by atoms with E-state index in [1.807, 2.05) is 6.07 Å². The molecule has 2 aromatic heterocycles. The molecule has 1 aromatic carbocycles. The van der Waals surface area contributed by atoms with E-state index >= 15 is 0 Å². The molecule has 0 saturated carbocycles. The standard InChI is InChI=1S/C16H10F3N3OS2/c17-16(18,19)25-12-5-3-10(4-6-12)14(23)22-15-21-13(9-24-15)11-2-1-7-20-8-11/h1-9H,(H,21,22,23). The molecule has 3 rings (SSSR count). The van der Waals surface area contributed by atoms with Gasteiger partial charge in [0, 0.05) is 33.8 Å². The fourth-order valence-electron chi connectivity index (χ4n) is 1.96. The van der Waals surface area contributed by atoms with Crippen LogP contribution in [-0.4, -0.2) is 21.4 Å². The van der Waals surface area contributed by atoms with Crippen LogP contribution >= 0.6 is 23.1 Å². The molecule has 0 unspecified atom stereocenters. The molecule has 3 aromatic rings. The zero-order valence-corrected chi connectivity index (χ0v) is 14.1. The number of thioether (sulfide) groups is 1. The number of amides is 1. The first-order valence-corrected chi connectivity index (χ1v) is 8.63. The van der Waals surface area contributed by atoms with Gasteiger partial charge in [-0.3, -0.25) is 15.1 Å². The summed E-state index contributed by atoms with van der Waals surface area (Å²) in [5, 5.41) is 4.82. The molecule has 0 bridgehead atoms. The van der Waals surface area contributed by atoms with E-state index in [1.54, 1.807) is 23.8 Å². The molecule has 2 heterocycles. The maximum Gasteiger partial charge on any atom is 0.446 e. The fourth-order valence-corrected chi connectivity index (χ4v) is 3.21. The molecule has 0 saturated heterocycles. The molecule has 0 aliphatic heterocycles. The monoisotopic (exact) mass is 381 g/mol. The van der Waals surface area contributed by atoms with Crippen LogP contribution in [0, 0.1) is 0 Å². The Morgan fingerprint density at radius 1 is 1.16 bits per heavy atom. The van der Waals surface area contributed by atoms with Gasteiger partial charge in [0.25, 0.3) is 5.91 Å². The summed E-state index contributed by atoms with van der Waals surface area (Å²) >= 11 is 1.03. The van der Waals surface area contributed by atoms with Crippen LogP contribution in [0.25, 0.3) is 11.3 Å². The number of rotatable bonds is 4. The minimum absolute atomic E-state index is 0.0252. The molecule has 0 spiro atoms. The van der Waals surface area contributed by atoms with Crippen molar-refractivity contribution in [1.82, 2.24) is 9.97 Å². The maximum atomic E-state index is 12.3. The van der Waals surface area contributed by atoms with Crippen LogP contribution < -0.4 is 5.32 Å². The number of thiazole rings is 1. The third-order valence-electron chi connectivity index (χ3n) is 3.03. The fraction of sp³-hybridized carbons (Fsp3) is 0.0625. The predicted octanol–water partition coefficient (Wildman–Crippen LogP) is 5.07. The number of benzene rings is 1. The topological polar surface area (TPSA) is 54.9 Å². The molecule has 0 aliphatic carbocycles. The Hall–Kier alpha value is -2.39. The van der Waals surface area contributed by atoms with Crippen LogP contribution in [0.2, 0.25) is 0 Å². The van der Waals surface area contributed by atoms with E-state index in [4.69, 9.17) is 0 Å². The molecule has 9 heteroatoms. The van der Waals surface area contributed by atoms with Crippen LogP contribution in [0.3, 0.4) is 0 Å². The Kier molecular flexibility index (Phi) is 5.05. The van der Waals surface area contributed by atoms with Gasteiger partial charge in [0.2, 0.25) is 0 Å². The summed E-state index contributed by atoms with van der Waals surface area (Å²) in [6.07, 6.45) is 3.32. The second-order valence-corrected chi connectivity index (χ2v) is 6.80. The van der Waals surface area contributed by atoms with E-state index in [-0.39, 0.29) is 22.2 Å². The first-order chi connectivity index (χ1) is 11.9. The summed E-state index contributed by atoms with van der Waals surface area (Å²) < 4.78 is 36.9. The lowest BCUT2D eigenvalue weighted by Gasteiger charge is -2.06. The first kappa shape index (κ1) is 17.4. The zero-order valence-electron chi connectivity index (χ0n) is 12.4. The van der Waals surface area contributed by atoms with Crippen molar-refractivity contribution in [2.24, 2.45) is 0 Å². The number of hydrogen-bond acceptors (Lipinski definition) is 5. The minimum Gasteiger partial charge on any atom is -0.298 e. The zero-order chi connectivity index (χ0) is 17.9. The van der Waals surface area contributed by atoms with Crippen LogP contribution in [0.1, 0.15) is 10.4 Å². The summed E-state index contributed by atoms with van der Waals surface area (Å²) in [5.41, 5.74) is -2.59. The van der Waals surface area contributed by atoms with Crippen LogP contribution in [0.15, 0.2) is 59.1 Å². The lowest BCUT2D eigenvalue weighted by molar-refractivity contribution is -0.0328. The predicted molar refractivity (Wildman–Crippen MR) is 91.7 cm³/mol. The SMILES string of the molecule is O=C(Nc1nc(-c2cccnc2)cs1)c1ccc(SC(F)(F)F)cc1. The summed E-state index contributed by atoms with van der Waals surface area (Å²) in [5.74, 6) is -0.435. The molecule has 4 nitrogen and oxygen atoms in total. The number of anilines is 1. The van der Waals surface area contributed by atoms with E-state index in [0.29, 0.717) is 10.8 Å². The van der Waals surface area contributed by atoms with Crippen molar-refractivity contribution < 1.29 is 18.0 Å². The normalized spacial score (nSPS) is 11.3. The molecule has 0 atom stereocenters. The molecular weight excluding hydrogens is 371 g/mol. The molecule has 1 amide bonds. The Balaban J connectivity index is 1.67. The second-order valence-electron chi connectivity index (χ2n) is 4.81. The molecule has 128 valence electrons. The van der Waals surface area contributed by atoms with Gasteiger partial charge in [-0.1, -0.05) is 0 Å². The van der Waals surface area contributed by atoms with Gasteiger partial charge < -0.3 is 0 Å². The Bertz CT molecular complexity index is 864. The smallest absolute Gasteiger partial charge is 0.298 e. The van der Waals surface area contributed by atoms with Gasteiger partial charge in [0.1, 0.15) is 0 Å². The van der Waals surface area contributed by atoms with Gasteiger partial charge in [-0.2, -0.15) is 13.2 Å². The van der Waals surface area contributed by atoms with Crippen LogP contribution in [0.5, 0.6) is 0 Å². The number of carbonyl (C=O) groups excluding carboxylic acids is 1. The molecular formula is C16H10F3N3OS2. The number of nitrogens with zero attached hydrogens (tertiary/aromatic N) is 2. The van der Waals surface area contributed by atoms with Crippen molar-refractivity contribution in [1.29, 1.82) is 0 Å². The van der Waals surface area contributed by atoms with Crippen LogP contribution in [0.4, 0.5) is 18.3 Å². The number of halogens is 3. The van der Waals surface area contributed by atoms with Crippen molar-refractivity contribution in [3.05, 3.63) is 59.7 Å². The minimum atomic E-state index is -4.35. The molecule has 25 heavy (non-hydrogen) atoms. The number of nitrogens with one attached hydrogen (secondary N) is 1. The van der Waals surface area contributed by atoms with Crippen LogP contribution in [-0.2, 0) is 0 Å². The highest BCUT2D eigenvalue weighted by molar-refractivity contribution is 8.00. The van der Waals surface area contributed by atoms with E-state index in [2.05, 4.69) is 15.3 Å². The molecule has 0 fully saturated rings. The summed E-state index contributed by atoms with van der Waals surface area (Å²) in [6.45, 7) is 0. The van der Waals surface area contributed by atoms with Crippen molar-refractivity contribution in [3.8, 4) is 11.3 Å². The lowest BCUT2D eigenvalue weighted by atomic mass is 10.2. The highest BCUT2D eigenvalue weighted by Crippen LogP contribution is 2.36. The van der Waals surface area contributed by atoms with Gasteiger partial charge in [0.15, 0.2) is 5.13 Å². The van der Waals surface area contributed by atoms with Gasteiger partial charge in [-0.15, -0.1) is 11.3 Å². The van der Waals surface area contributed by atoms with E-state index in [1.165, 1.54) is 35.6 Å². The molecule has 1 N–H and O–H groups in total. The Labute approximate surface area is 149 Å². The summed E-state index contributed by atoms with van der Waals surface area (Å²) in [6, 6.07) is 8.85. The first-order valence-electron chi connectivity index (χ1n) is 6.94. The number of aromatic nitrogens is 2. The average Bonchev–Trinajstić information content (AvgIpc) is 3.03. The largest absolute Gasteiger partial charge is 0.446 e. The third kappa shape index (κ3) is 4.80. The quantitative estimate of drug-likeness (QED) is 0.641. The molecule has 0 aliphatic rings. The number of alkyl halides is 3. The highest BCUT2D eigenvalue weighted by Gasteiger charge is 2.29. The summed E-state index contributed by atoms with van der Waals surface area (Å²) in [7, 11) is 0. The number of hydrogen-bond donors (Lipinski definition) is 1. The van der Waals surface area contributed by atoms with Crippen molar-refractivity contribution >= 4 is 34.1 Å². The third-order valence-corrected chi connectivity index (χ3v) is 4.53. The van der Waals surface area contributed by atoms with E-state index in [0.717, 1.165) is 5.56 Å². The highest BCUT2D eigenvalue weighted by atomic mass is 32.2. The van der Waals surface area contributed by atoms with Gasteiger partial charge in [-0.25, -0.2) is 4.98 Å². The van der Waals surface area contributed by atoms with Gasteiger partial charge >= 0.3 is 5.51 Å². The van der Waals surface area contributed by atoms with Crippen molar-refractivity contribution in [2.75, 3.05) is 5.32 Å². The second kappa shape index (κ2) is 7.24. The van der Waals surface area contributed by atoms with Gasteiger partial charge in [-0.05, 0) is 48.2 Å².